The number of alkyl halides is 3. The Bertz CT molecular complexity index is 718. The predicted octanol–water partition coefficient (Wildman–Crippen LogP) is 2.62. The van der Waals surface area contributed by atoms with E-state index in [9.17, 15) is 22.8 Å². The molecule has 0 bridgehead atoms. The number of amides is 2. The van der Waals surface area contributed by atoms with E-state index < -0.39 is 17.8 Å². The van der Waals surface area contributed by atoms with Crippen LogP contribution < -0.4 is 0 Å². The molecule has 1 aromatic carbocycles. The van der Waals surface area contributed by atoms with Gasteiger partial charge in [0.1, 0.15) is 0 Å². The van der Waals surface area contributed by atoms with Gasteiger partial charge in [-0.15, -0.1) is 0 Å². The molecule has 2 heterocycles. The van der Waals surface area contributed by atoms with Gasteiger partial charge in [-0.25, -0.2) is 4.79 Å². The van der Waals surface area contributed by atoms with Crippen molar-refractivity contribution in [2.75, 3.05) is 46.4 Å². The Kier molecular flexibility index (Phi) is 6.66. The molecule has 0 radical (unpaired) electrons. The van der Waals surface area contributed by atoms with E-state index in [-0.39, 0.29) is 18.4 Å². The highest BCUT2D eigenvalue weighted by molar-refractivity contribution is 5.79. The average Bonchev–Trinajstić information content (AvgIpc) is 3.20. The summed E-state index contributed by atoms with van der Waals surface area (Å²) in [6.07, 6.45) is -2.54. The molecule has 2 saturated heterocycles. The number of hydrogen-bond acceptors (Lipinski definition) is 4. The third-order valence-electron chi connectivity index (χ3n) is 5.54. The monoisotopic (exact) mass is 413 g/mol. The second kappa shape index (κ2) is 9.02. The summed E-state index contributed by atoms with van der Waals surface area (Å²) in [4.78, 5) is 30.5. The van der Waals surface area contributed by atoms with Crippen molar-refractivity contribution >= 4 is 12.0 Å². The van der Waals surface area contributed by atoms with Crippen LogP contribution in [0.15, 0.2) is 24.3 Å². The maximum atomic E-state index is 12.9. The SMILES string of the molecule is COC(=O)N1CCN(C(=O)Cc2ccc(C(F)(F)F)cc2)C(CN2CCCC2)C1. The Morgan fingerprint density at radius 3 is 2.31 bits per heavy atom. The number of benzene rings is 1. The summed E-state index contributed by atoms with van der Waals surface area (Å²) >= 11 is 0. The quantitative estimate of drug-likeness (QED) is 0.762. The minimum Gasteiger partial charge on any atom is -0.453 e. The number of carbonyl (C=O) groups is 2. The fraction of sp³-hybridized carbons (Fsp3) is 0.600. The Morgan fingerprint density at radius 2 is 1.72 bits per heavy atom. The molecule has 2 amide bonds. The van der Waals surface area contributed by atoms with Gasteiger partial charge in [-0.1, -0.05) is 12.1 Å². The van der Waals surface area contributed by atoms with E-state index in [0.717, 1.165) is 38.1 Å². The number of halogens is 3. The van der Waals surface area contributed by atoms with Crippen LogP contribution in [0.3, 0.4) is 0 Å². The van der Waals surface area contributed by atoms with Gasteiger partial charge in [-0.05, 0) is 43.6 Å². The number of ether oxygens (including phenoxy) is 1. The summed E-state index contributed by atoms with van der Waals surface area (Å²) in [5, 5.41) is 0. The Hall–Kier alpha value is -2.29. The van der Waals surface area contributed by atoms with Crippen molar-refractivity contribution in [2.45, 2.75) is 31.5 Å². The van der Waals surface area contributed by atoms with Crippen molar-refractivity contribution in [1.82, 2.24) is 14.7 Å². The molecule has 160 valence electrons. The molecule has 1 unspecified atom stereocenters. The number of piperazine rings is 1. The van der Waals surface area contributed by atoms with Crippen molar-refractivity contribution in [2.24, 2.45) is 0 Å². The van der Waals surface area contributed by atoms with E-state index in [1.807, 2.05) is 0 Å². The van der Waals surface area contributed by atoms with Gasteiger partial charge in [0.15, 0.2) is 0 Å². The summed E-state index contributed by atoms with van der Waals surface area (Å²) in [5.41, 5.74) is -0.189. The molecule has 29 heavy (non-hydrogen) atoms. The lowest BCUT2D eigenvalue weighted by Crippen LogP contribution is -2.59. The van der Waals surface area contributed by atoms with E-state index in [4.69, 9.17) is 4.74 Å². The van der Waals surface area contributed by atoms with Gasteiger partial charge < -0.3 is 19.4 Å². The molecule has 3 rings (SSSR count). The van der Waals surface area contributed by atoms with Crippen molar-refractivity contribution < 1.29 is 27.5 Å². The van der Waals surface area contributed by atoms with Gasteiger partial charge in [-0.2, -0.15) is 13.2 Å². The maximum Gasteiger partial charge on any atom is 0.416 e. The molecule has 1 aromatic rings. The average molecular weight is 413 g/mol. The van der Waals surface area contributed by atoms with E-state index in [0.29, 0.717) is 31.7 Å². The summed E-state index contributed by atoms with van der Waals surface area (Å²) in [6, 6.07) is 4.53. The first kappa shape index (κ1) is 21.4. The largest absolute Gasteiger partial charge is 0.453 e. The lowest BCUT2D eigenvalue weighted by Gasteiger charge is -2.42. The molecular weight excluding hydrogens is 387 g/mol. The first-order chi connectivity index (χ1) is 13.8. The van der Waals surface area contributed by atoms with Crippen LogP contribution in [0.1, 0.15) is 24.0 Å². The molecule has 0 N–H and O–H groups in total. The van der Waals surface area contributed by atoms with Crippen LogP contribution >= 0.6 is 0 Å². The summed E-state index contributed by atoms with van der Waals surface area (Å²) in [7, 11) is 1.33. The maximum absolute atomic E-state index is 12.9. The number of nitrogens with zero attached hydrogens (tertiary/aromatic N) is 3. The number of hydrogen-bond donors (Lipinski definition) is 0. The second-order valence-corrected chi connectivity index (χ2v) is 7.54. The third kappa shape index (κ3) is 5.41. The van der Waals surface area contributed by atoms with Crippen LogP contribution in [0.5, 0.6) is 0 Å². The molecule has 9 heteroatoms. The molecule has 2 fully saturated rings. The highest BCUT2D eigenvalue weighted by atomic mass is 19.4. The van der Waals surface area contributed by atoms with Crippen LogP contribution in [-0.4, -0.2) is 79.1 Å². The number of carbonyl (C=O) groups excluding carboxylic acids is 2. The van der Waals surface area contributed by atoms with Crippen LogP contribution in [-0.2, 0) is 22.1 Å². The molecule has 2 aliphatic rings. The lowest BCUT2D eigenvalue weighted by atomic mass is 10.1. The van der Waals surface area contributed by atoms with E-state index in [1.165, 1.54) is 19.2 Å². The van der Waals surface area contributed by atoms with Gasteiger partial charge in [0.2, 0.25) is 5.91 Å². The highest BCUT2D eigenvalue weighted by Crippen LogP contribution is 2.29. The first-order valence-electron chi connectivity index (χ1n) is 9.79. The fourth-order valence-corrected chi connectivity index (χ4v) is 3.99. The Morgan fingerprint density at radius 1 is 1.07 bits per heavy atom. The van der Waals surface area contributed by atoms with Gasteiger partial charge in [0, 0.05) is 26.2 Å². The van der Waals surface area contributed by atoms with Crippen LogP contribution in [0, 0.1) is 0 Å². The summed E-state index contributed by atoms with van der Waals surface area (Å²) in [5.74, 6) is -0.140. The molecule has 1 atom stereocenters. The third-order valence-corrected chi connectivity index (χ3v) is 5.54. The van der Waals surface area contributed by atoms with Crippen molar-refractivity contribution in [3.63, 3.8) is 0 Å². The minimum atomic E-state index is -4.40. The summed E-state index contributed by atoms with van der Waals surface area (Å²) in [6.45, 7) is 3.76. The van der Waals surface area contributed by atoms with Gasteiger partial charge in [0.25, 0.3) is 0 Å². The molecule has 2 aliphatic heterocycles. The first-order valence-corrected chi connectivity index (χ1v) is 9.79. The highest BCUT2D eigenvalue weighted by Gasteiger charge is 2.34. The van der Waals surface area contributed by atoms with E-state index >= 15 is 0 Å². The van der Waals surface area contributed by atoms with Crippen molar-refractivity contribution in [3.8, 4) is 0 Å². The number of rotatable bonds is 4. The molecular formula is C20H26F3N3O3. The summed E-state index contributed by atoms with van der Waals surface area (Å²) < 4.78 is 43.0. The fourth-order valence-electron chi connectivity index (χ4n) is 3.99. The zero-order valence-electron chi connectivity index (χ0n) is 16.5. The topological polar surface area (TPSA) is 53.1 Å². The van der Waals surface area contributed by atoms with E-state index in [2.05, 4.69) is 4.90 Å². The Balaban J connectivity index is 1.68. The molecule has 6 nitrogen and oxygen atoms in total. The van der Waals surface area contributed by atoms with Gasteiger partial charge >= 0.3 is 12.3 Å². The number of methoxy groups -OCH3 is 1. The van der Waals surface area contributed by atoms with Crippen LogP contribution in [0.2, 0.25) is 0 Å². The van der Waals surface area contributed by atoms with Crippen molar-refractivity contribution in [3.05, 3.63) is 35.4 Å². The minimum absolute atomic E-state index is 0.0346. The Labute approximate surface area is 168 Å². The smallest absolute Gasteiger partial charge is 0.416 e. The standard InChI is InChI=1S/C20H26F3N3O3/c1-29-19(28)25-10-11-26(17(14-25)13-24-8-2-3-9-24)18(27)12-15-4-6-16(7-5-15)20(21,22)23/h4-7,17H,2-3,8-14H2,1H3. The molecule has 0 saturated carbocycles. The second-order valence-electron chi connectivity index (χ2n) is 7.54. The normalized spacial score (nSPS) is 20.8. The molecule has 0 aromatic heterocycles. The lowest BCUT2D eigenvalue weighted by molar-refractivity contribution is -0.137. The zero-order valence-corrected chi connectivity index (χ0v) is 16.5. The molecule has 0 aliphatic carbocycles. The van der Waals surface area contributed by atoms with Crippen LogP contribution in [0.4, 0.5) is 18.0 Å². The zero-order chi connectivity index (χ0) is 21.0. The van der Waals surface area contributed by atoms with E-state index in [1.54, 1.807) is 9.80 Å². The molecule has 0 spiro atoms. The van der Waals surface area contributed by atoms with Crippen molar-refractivity contribution in [1.29, 1.82) is 0 Å². The van der Waals surface area contributed by atoms with Crippen LogP contribution in [0.25, 0.3) is 0 Å². The van der Waals surface area contributed by atoms with Gasteiger partial charge in [-0.3, -0.25) is 4.79 Å². The predicted molar refractivity (Wildman–Crippen MR) is 100 cm³/mol. The van der Waals surface area contributed by atoms with Gasteiger partial charge in [0.05, 0.1) is 25.1 Å². The number of likely N-dealkylation sites (tertiary alicyclic amines) is 1.